The van der Waals surface area contributed by atoms with E-state index in [1.54, 1.807) is 0 Å². The Balaban J connectivity index is 1.46. The Labute approximate surface area is 268 Å². The fourth-order valence-corrected chi connectivity index (χ4v) is 8.43. The number of hydrogen-bond acceptors (Lipinski definition) is 5. The van der Waals surface area contributed by atoms with E-state index in [2.05, 4.69) is 76.0 Å². The quantitative estimate of drug-likeness (QED) is 0.0905. The molecule has 5 aromatic rings. The number of Topliss-reactive ketones (excluding diaryl/α,β-unsaturated/α-hetero) is 2. The zero-order valence-electron chi connectivity index (χ0n) is 24.1. The highest BCUT2D eigenvalue weighted by Gasteiger charge is 2.62. The minimum Gasteiger partial charge on any atom is -0.399 e. The summed E-state index contributed by atoms with van der Waals surface area (Å²) in [6, 6.07) is 30.4. The molecule has 0 bridgehead atoms. The second-order valence-electron chi connectivity index (χ2n) is 11.9. The number of nitrogen functional groups attached to an aromatic ring is 1. The number of allylic oxidation sites excluding steroid dienone is 1. The van der Waals surface area contributed by atoms with Gasteiger partial charge in [0.25, 0.3) is 0 Å². The number of carbonyl (C=O) groups excluding carboxylic acids is 2. The number of fused-ring (bicyclic) bond motifs is 6. The lowest BCUT2D eigenvalue weighted by Gasteiger charge is -2.50. The molecule has 0 saturated heterocycles. The molecule has 2 unspecified atom stereocenters. The highest BCUT2D eigenvalue weighted by atomic mass is 127. The molecule has 0 spiro atoms. The smallest absolute Gasteiger partial charge is 0.171 e. The third kappa shape index (κ3) is 3.54. The second-order valence-corrected chi connectivity index (χ2v) is 13.0. The lowest BCUT2D eigenvalue weighted by Crippen LogP contribution is -2.57. The van der Waals surface area contributed by atoms with Crippen molar-refractivity contribution in [3.05, 3.63) is 135 Å². The number of rotatable bonds is 3. The molecule has 5 aromatic carbocycles. The molecule has 214 valence electrons. The van der Waals surface area contributed by atoms with E-state index in [4.69, 9.17) is 10.7 Å². The van der Waals surface area contributed by atoms with Crippen LogP contribution in [0.1, 0.15) is 40.4 Å². The molecule has 2 N–H and O–H groups in total. The van der Waals surface area contributed by atoms with Crippen LogP contribution >= 0.6 is 22.6 Å². The van der Waals surface area contributed by atoms with E-state index in [0.717, 1.165) is 47.6 Å². The van der Waals surface area contributed by atoms with Crippen molar-refractivity contribution in [2.24, 2.45) is 4.99 Å². The number of nitrogens with zero attached hydrogens (tertiary/aromatic N) is 2. The number of para-hydroxylation sites is 1. The molecule has 5 nitrogen and oxygen atoms in total. The molecule has 1 aliphatic carbocycles. The Hall–Kier alpha value is -4.56. The van der Waals surface area contributed by atoms with Crippen LogP contribution in [0.3, 0.4) is 0 Å². The summed E-state index contributed by atoms with van der Waals surface area (Å²) in [7, 11) is 0. The number of halogens is 1. The van der Waals surface area contributed by atoms with Gasteiger partial charge in [0.05, 0.1) is 17.5 Å². The van der Waals surface area contributed by atoms with Gasteiger partial charge in [0.2, 0.25) is 0 Å². The van der Waals surface area contributed by atoms with Crippen molar-refractivity contribution in [2.75, 3.05) is 17.2 Å². The van der Waals surface area contributed by atoms with Gasteiger partial charge < -0.3 is 10.6 Å². The molecule has 0 fully saturated rings. The van der Waals surface area contributed by atoms with Gasteiger partial charge in [-0.15, -0.1) is 0 Å². The average Bonchev–Trinajstić information content (AvgIpc) is 3.49. The molecule has 6 heteroatoms. The van der Waals surface area contributed by atoms with Gasteiger partial charge in [0, 0.05) is 33.3 Å². The summed E-state index contributed by atoms with van der Waals surface area (Å²) in [6.45, 7) is 2.60. The Bertz CT molecular complexity index is 2180. The van der Waals surface area contributed by atoms with Crippen molar-refractivity contribution >= 4 is 79.4 Å². The first-order valence-electron chi connectivity index (χ1n) is 14.7. The molecule has 2 heterocycles. The van der Waals surface area contributed by atoms with E-state index in [1.165, 1.54) is 0 Å². The maximum atomic E-state index is 14.6. The van der Waals surface area contributed by atoms with E-state index in [1.807, 2.05) is 73.8 Å². The van der Waals surface area contributed by atoms with Crippen molar-refractivity contribution < 1.29 is 9.59 Å². The molecule has 0 saturated carbocycles. The molecule has 0 aromatic heterocycles. The molecule has 0 amide bonds. The van der Waals surface area contributed by atoms with Gasteiger partial charge in [0.1, 0.15) is 5.54 Å². The maximum Gasteiger partial charge on any atom is 0.171 e. The predicted molar refractivity (Wildman–Crippen MR) is 187 cm³/mol. The van der Waals surface area contributed by atoms with Crippen LogP contribution in [0.25, 0.3) is 27.6 Å². The summed E-state index contributed by atoms with van der Waals surface area (Å²) in [5.41, 5.74) is 9.75. The first-order valence-corrected chi connectivity index (χ1v) is 15.8. The van der Waals surface area contributed by atoms with E-state index in [-0.39, 0.29) is 18.0 Å². The summed E-state index contributed by atoms with van der Waals surface area (Å²) in [5, 5.41) is 4.10. The highest BCUT2D eigenvalue weighted by Crippen LogP contribution is 2.57. The first-order chi connectivity index (χ1) is 21.3. The number of carbonyl (C=O) groups is 2. The lowest BCUT2D eigenvalue weighted by molar-refractivity contribution is -0.125. The van der Waals surface area contributed by atoms with Crippen molar-refractivity contribution in [3.63, 3.8) is 0 Å². The minimum absolute atomic E-state index is 0.152. The van der Waals surface area contributed by atoms with Gasteiger partial charge in [-0.3, -0.25) is 14.6 Å². The summed E-state index contributed by atoms with van der Waals surface area (Å²) >= 11 is 2.35. The molecular weight excluding hydrogens is 657 g/mol. The SMILES string of the molecule is CC1(C2(c3cccc(N)c3)N=CC=C2N2CC=Cc3ccccc32)C(=O)CC(=O)c2c1ccc1c2cc(I)c2ccccc21. The zero-order chi connectivity index (χ0) is 30.2. The molecule has 8 rings (SSSR count). The Kier molecular flexibility index (Phi) is 5.97. The van der Waals surface area contributed by atoms with Crippen molar-refractivity contribution in [3.8, 4) is 0 Å². The molecule has 0 radical (unpaired) electrons. The molecular formula is C38H28IN3O2. The van der Waals surface area contributed by atoms with Crippen molar-refractivity contribution in [1.82, 2.24) is 0 Å². The number of nitrogens with two attached hydrogens (primary N) is 1. The third-order valence-electron chi connectivity index (χ3n) is 9.69. The van der Waals surface area contributed by atoms with E-state index >= 15 is 0 Å². The number of benzene rings is 5. The molecule has 2 atom stereocenters. The van der Waals surface area contributed by atoms with Crippen LogP contribution in [-0.2, 0) is 15.7 Å². The molecule has 44 heavy (non-hydrogen) atoms. The number of aliphatic imine (C=N–C) groups is 1. The minimum atomic E-state index is -1.22. The fraction of sp³-hybridized carbons (Fsp3) is 0.132. The Morgan fingerprint density at radius 2 is 1.64 bits per heavy atom. The summed E-state index contributed by atoms with van der Waals surface area (Å²) in [4.78, 5) is 36.1. The van der Waals surface area contributed by atoms with Gasteiger partial charge in [-0.2, -0.15) is 0 Å². The third-order valence-corrected chi connectivity index (χ3v) is 10.6. The lowest BCUT2D eigenvalue weighted by atomic mass is 9.55. The molecule has 3 aliphatic rings. The van der Waals surface area contributed by atoms with Crippen LogP contribution < -0.4 is 10.6 Å². The van der Waals surface area contributed by atoms with E-state index in [9.17, 15) is 9.59 Å². The topological polar surface area (TPSA) is 75.8 Å². The predicted octanol–water partition coefficient (Wildman–Crippen LogP) is 7.99. The normalized spacial score (nSPS) is 22.4. The fourth-order valence-electron chi connectivity index (χ4n) is 7.65. The van der Waals surface area contributed by atoms with Crippen LogP contribution in [0.4, 0.5) is 11.4 Å². The first kappa shape index (κ1) is 27.0. The zero-order valence-corrected chi connectivity index (χ0v) is 26.2. The summed E-state index contributed by atoms with van der Waals surface area (Å²) in [5.74, 6) is -0.307. The largest absolute Gasteiger partial charge is 0.399 e. The highest BCUT2D eigenvalue weighted by molar-refractivity contribution is 14.1. The van der Waals surface area contributed by atoms with Crippen LogP contribution in [0.5, 0.6) is 0 Å². The van der Waals surface area contributed by atoms with Crippen LogP contribution in [0, 0.1) is 3.57 Å². The van der Waals surface area contributed by atoms with Crippen molar-refractivity contribution in [2.45, 2.75) is 24.3 Å². The summed E-state index contributed by atoms with van der Waals surface area (Å²) < 4.78 is 1.06. The van der Waals surface area contributed by atoms with Crippen molar-refractivity contribution in [1.29, 1.82) is 0 Å². The van der Waals surface area contributed by atoms with Gasteiger partial charge >= 0.3 is 0 Å². The molecule has 2 aliphatic heterocycles. The van der Waals surface area contributed by atoms with Gasteiger partial charge in [-0.05, 0) is 98.1 Å². The monoisotopic (exact) mass is 685 g/mol. The van der Waals surface area contributed by atoms with E-state index < -0.39 is 11.0 Å². The Morgan fingerprint density at radius 1 is 0.864 bits per heavy atom. The van der Waals surface area contributed by atoms with Crippen LogP contribution in [0.15, 0.2) is 114 Å². The number of anilines is 2. The van der Waals surface area contributed by atoms with E-state index in [0.29, 0.717) is 23.4 Å². The maximum absolute atomic E-state index is 14.6. The number of ketones is 2. The van der Waals surface area contributed by atoms with Crippen LogP contribution in [0.2, 0.25) is 0 Å². The van der Waals surface area contributed by atoms with Crippen LogP contribution in [-0.4, -0.2) is 24.3 Å². The van der Waals surface area contributed by atoms with Gasteiger partial charge in [-0.1, -0.05) is 78.9 Å². The van der Waals surface area contributed by atoms with Gasteiger partial charge in [-0.25, -0.2) is 0 Å². The second kappa shape index (κ2) is 9.72. The standard InChI is InChI=1S/C38H28IN3O2/c1-37(30-16-15-27-26-12-3-4-13-28(26)31(39)21-29(27)36(30)33(43)22-35(37)44)38(24-10-6-11-25(40)20-24)34(17-18-41-38)42-19-7-9-23-8-2-5-14-32(23)42/h2-18,20-21H,19,22,40H2,1H3. The summed E-state index contributed by atoms with van der Waals surface area (Å²) in [6.07, 6.45) is 7.89. The average molecular weight is 686 g/mol. The Morgan fingerprint density at radius 3 is 2.48 bits per heavy atom. The van der Waals surface area contributed by atoms with Gasteiger partial charge in [0.15, 0.2) is 11.6 Å². The number of hydrogen-bond donors (Lipinski definition) is 1.